The second-order valence-electron chi connectivity index (χ2n) is 3.44. The van der Waals surface area contributed by atoms with Crippen molar-refractivity contribution in [3.8, 4) is 6.07 Å². The van der Waals surface area contributed by atoms with Crippen LogP contribution >= 0.6 is 0 Å². The second-order valence-corrected chi connectivity index (χ2v) is 3.44. The molecule has 0 unspecified atom stereocenters. The van der Waals surface area contributed by atoms with Gasteiger partial charge in [0, 0.05) is 12.0 Å². The molecule has 1 aromatic carbocycles. The van der Waals surface area contributed by atoms with Crippen LogP contribution in [0.15, 0.2) is 24.3 Å². The number of nitrogens with two attached hydrogens (primary N) is 1. The number of benzene rings is 1. The fourth-order valence-corrected chi connectivity index (χ4v) is 1.98. The number of hydrogen-bond acceptors (Lipinski definition) is 1. The van der Waals surface area contributed by atoms with Crippen LogP contribution in [0.2, 0.25) is 0 Å². The molecule has 1 atom stereocenters. The van der Waals surface area contributed by atoms with Crippen LogP contribution in [0.5, 0.6) is 0 Å². The van der Waals surface area contributed by atoms with E-state index in [0.29, 0.717) is 12.5 Å². The minimum atomic E-state index is 0.370. The summed E-state index contributed by atoms with van der Waals surface area (Å²) in [6.07, 6.45) is 1.76. The lowest BCUT2D eigenvalue weighted by Crippen LogP contribution is -2.87. The van der Waals surface area contributed by atoms with Crippen molar-refractivity contribution in [2.75, 3.05) is 6.54 Å². The molecule has 0 amide bonds. The normalized spacial score (nSPS) is 20.4. The van der Waals surface area contributed by atoms with E-state index in [0.717, 1.165) is 13.0 Å². The van der Waals surface area contributed by atoms with Crippen molar-refractivity contribution < 1.29 is 5.32 Å². The third kappa shape index (κ3) is 1.56. The van der Waals surface area contributed by atoms with Crippen molar-refractivity contribution in [1.29, 1.82) is 5.26 Å². The van der Waals surface area contributed by atoms with Gasteiger partial charge in [0.1, 0.15) is 6.04 Å². The van der Waals surface area contributed by atoms with Crippen LogP contribution < -0.4 is 5.32 Å². The van der Waals surface area contributed by atoms with Crippen LogP contribution in [0, 0.1) is 11.3 Å². The van der Waals surface area contributed by atoms with E-state index < -0.39 is 0 Å². The summed E-state index contributed by atoms with van der Waals surface area (Å²) in [6.45, 7) is 1.11. The van der Waals surface area contributed by atoms with Crippen molar-refractivity contribution in [1.82, 2.24) is 0 Å². The molecule has 2 rings (SSSR count). The Morgan fingerprint density at radius 2 is 2.31 bits per heavy atom. The van der Waals surface area contributed by atoms with E-state index in [1.54, 1.807) is 0 Å². The van der Waals surface area contributed by atoms with Gasteiger partial charge < -0.3 is 5.32 Å². The van der Waals surface area contributed by atoms with Crippen LogP contribution in [-0.4, -0.2) is 6.54 Å². The van der Waals surface area contributed by atoms with Crippen molar-refractivity contribution in [2.24, 2.45) is 0 Å². The minimum Gasteiger partial charge on any atom is -0.339 e. The van der Waals surface area contributed by atoms with Gasteiger partial charge in [-0.1, -0.05) is 24.3 Å². The summed E-state index contributed by atoms with van der Waals surface area (Å²) in [4.78, 5) is 0. The van der Waals surface area contributed by atoms with Gasteiger partial charge in [0.15, 0.2) is 0 Å². The van der Waals surface area contributed by atoms with Gasteiger partial charge in [-0.15, -0.1) is 0 Å². The molecule has 0 saturated carbocycles. The summed E-state index contributed by atoms with van der Waals surface area (Å²) in [7, 11) is 0. The first-order valence-corrected chi connectivity index (χ1v) is 4.70. The maximum Gasteiger partial charge on any atom is 0.125 e. The summed E-state index contributed by atoms with van der Waals surface area (Å²) in [5.41, 5.74) is 2.78. The lowest BCUT2D eigenvalue weighted by atomic mass is 9.93. The van der Waals surface area contributed by atoms with Crippen LogP contribution in [0.4, 0.5) is 0 Å². The molecule has 66 valence electrons. The van der Waals surface area contributed by atoms with E-state index in [2.05, 4.69) is 35.7 Å². The number of fused-ring (bicyclic) bond motifs is 1. The molecule has 0 bridgehead atoms. The Hall–Kier alpha value is -1.33. The molecule has 1 aliphatic rings. The van der Waals surface area contributed by atoms with Crippen LogP contribution in [0.25, 0.3) is 0 Å². The number of nitriles is 1. The molecule has 0 saturated heterocycles. The van der Waals surface area contributed by atoms with E-state index >= 15 is 0 Å². The van der Waals surface area contributed by atoms with E-state index in [4.69, 9.17) is 5.26 Å². The van der Waals surface area contributed by atoms with E-state index in [1.165, 1.54) is 11.1 Å². The van der Waals surface area contributed by atoms with Crippen LogP contribution in [-0.2, 0) is 6.42 Å². The summed E-state index contributed by atoms with van der Waals surface area (Å²) in [5.74, 6) is 0. The Morgan fingerprint density at radius 3 is 3.15 bits per heavy atom. The highest BCUT2D eigenvalue weighted by atomic mass is 14.9. The standard InChI is InChI=1S/C11H12N2/c12-7-5-11-10-4-2-1-3-9(10)6-8-13-11/h1-4,11,13H,5-6,8H2/p+1/t11-/m1/s1. The van der Waals surface area contributed by atoms with E-state index in [9.17, 15) is 0 Å². The number of rotatable bonds is 1. The molecule has 2 N–H and O–H groups in total. The molecule has 1 aromatic rings. The summed E-state index contributed by atoms with van der Waals surface area (Å²) < 4.78 is 0. The molecule has 13 heavy (non-hydrogen) atoms. The number of nitrogens with zero attached hydrogens (tertiary/aromatic N) is 1. The molecule has 0 fully saturated rings. The topological polar surface area (TPSA) is 40.4 Å². The van der Waals surface area contributed by atoms with Crippen LogP contribution in [0.1, 0.15) is 23.6 Å². The van der Waals surface area contributed by atoms with Gasteiger partial charge in [-0.3, -0.25) is 0 Å². The van der Waals surface area contributed by atoms with Crippen molar-refractivity contribution >= 4 is 0 Å². The predicted octanol–water partition coefficient (Wildman–Crippen LogP) is 0.761. The Kier molecular flexibility index (Phi) is 2.29. The second kappa shape index (κ2) is 3.59. The van der Waals surface area contributed by atoms with Gasteiger partial charge in [0.25, 0.3) is 0 Å². The number of hydrogen-bond donors (Lipinski definition) is 1. The smallest absolute Gasteiger partial charge is 0.125 e. The Labute approximate surface area is 78.2 Å². The predicted molar refractivity (Wildman–Crippen MR) is 49.9 cm³/mol. The lowest BCUT2D eigenvalue weighted by molar-refractivity contribution is -0.698. The van der Waals surface area contributed by atoms with E-state index in [-0.39, 0.29) is 0 Å². The van der Waals surface area contributed by atoms with Gasteiger partial charge in [-0.2, -0.15) is 5.26 Å². The van der Waals surface area contributed by atoms with Gasteiger partial charge in [-0.05, 0) is 5.56 Å². The summed E-state index contributed by atoms with van der Waals surface area (Å²) in [5, 5.41) is 10.9. The Bertz CT molecular complexity index is 338. The first kappa shape index (κ1) is 8.28. The maximum absolute atomic E-state index is 8.67. The lowest BCUT2D eigenvalue weighted by Gasteiger charge is -2.21. The largest absolute Gasteiger partial charge is 0.339 e. The minimum absolute atomic E-state index is 0.370. The van der Waals surface area contributed by atoms with Gasteiger partial charge in [0.2, 0.25) is 0 Å². The van der Waals surface area contributed by atoms with Crippen molar-refractivity contribution in [2.45, 2.75) is 18.9 Å². The molecule has 0 spiro atoms. The van der Waals surface area contributed by atoms with Gasteiger partial charge in [-0.25, -0.2) is 0 Å². The molecular weight excluding hydrogens is 160 g/mol. The molecule has 2 nitrogen and oxygen atoms in total. The summed E-state index contributed by atoms with van der Waals surface area (Å²) >= 11 is 0. The number of quaternary nitrogens is 1. The third-order valence-electron chi connectivity index (χ3n) is 2.63. The summed E-state index contributed by atoms with van der Waals surface area (Å²) in [6, 6.07) is 11.1. The zero-order chi connectivity index (χ0) is 9.10. The molecule has 0 aromatic heterocycles. The fourth-order valence-electron chi connectivity index (χ4n) is 1.98. The highest BCUT2D eigenvalue weighted by Crippen LogP contribution is 2.20. The maximum atomic E-state index is 8.67. The molecule has 0 radical (unpaired) electrons. The fraction of sp³-hybridized carbons (Fsp3) is 0.364. The molecule has 2 heteroatoms. The van der Waals surface area contributed by atoms with Crippen LogP contribution in [0.3, 0.4) is 0 Å². The third-order valence-corrected chi connectivity index (χ3v) is 2.63. The van der Waals surface area contributed by atoms with Gasteiger partial charge in [0.05, 0.1) is 19.0 Å². The molecule has 0 aliphatic carbocycles. The zero-order valence-electron chi connectivity index (χ0n) is 7.53. The SMILES string of the molecule is N#CC[C@H]1[NH2+]CCc2ccccc21. The zero-order valence-corrected chi connectivity index (χ0v) is 7.53. The van der Waals surface area contributed by atoms with Gasteiger partial charge >= 0.3 is 0 Å². The van der Waals surface area contributed by atoms with Crippen molar-refractivity contribution in [3.63, 3.8) is 0 Å². The average molecular weight is 173 g/mol. The average Bonchev–Trinajstić information content (AvgIpc) is 2.19. The molecule has 1 heterocycles. The first-order chi connectivity index (χ1) is 6.42. The monoisotopic (exact) mass is 173 g/mol. The molecule has 1 aliphatic heterocycles. The first-order valence-electron chi connectivity index (χ1n) is 4.70. The Balaban J connectivity index is 2.32. The Morgan fingerprint density at radius 1 is 1.46 bits per heavy atom. The van der Waals surface area contributed by atoms with E-state index in [1.807, 2.05) is 0 Å². The highest BCUT2D eigenvalue weighted by molar-refractivity contribution is 5.30. The quantitative estimate of drug-likeness (QED) is 0.669. The van der Waals surface area contributed by atoms with Crippen molar-refractivity contribution in [3.05, 3.63) is 35.4 Å². The molecular formula is C11H13N2+. The highest BCUT2D eigenvalue weighted by Gasteiger charge is 2.21.